The van der Waals surface area contributed by atoms with Crippen molar-refractivity contribution in [3.63, 3.8) is 0 Å². The number of nitrogens with one attached hydrogen (secondary N) is 2. The van der Waals surface area contributed by atoms with Crippen LogP contribution in [0.4, 0.5) is 23.0 Å². The van der Waals surface area contributed by atoms with Crippen LogP contribution < -0.4 is 15.5 Å². The minimum Gasteiger partial charge on any atom is -0.372 e. The molecular formula is C22H29N5. The van der Waals surface area contributed by atoms with E-state index < -0.39 is 0 Å². The summed E-state index contributed by atoms with van der Waals surface area (Å²) < 4.78 is 0. The minimum absolute atomic E-state index is 0.818. The summed E-state index contributed by atoms with van der Waals surface area (Å²) >= 11 is 0. The number of benzene rings is 1. The van der Waals surface area contributed by atoms with E-state index in [4.69, 9.17) is 0 Å². The van der Waals surface area contributed by atoms with Crippen LogP contribution in [0.5, 0.6) is 0 Å². The molecule has 1 aromatic heterocycles. The summed E-state index contributed by atoms with van der Waals surface area (Å²) in [5, 5.41) is 6.81. The molecule has 2 heterocycles. The van der Waals surface area contributed by atoms with E-state index in [0.717, 1.165) is 30.3 Å². The Kier molecular flexibility index (Phi) is 5.87. The fourth-order valence-corrected chi connectivity index (χ4v) is 3.88. The van der Waals surface area contributed by atoms with Crippen molar-refractivity contribution in [2.75, 3.05) is 35.2 Å². The van der Waals surface area contributed by atoms with Crippen molar-refractivity contribution in [3.05, 3.63) is 48.3 Å². The van der Waals surface area contributed by atoms with Gasteiger partial charge >= 0.3 is 0 Å². The van der Waals surface area contributed by atoms with Crippen molar-refractivity contribution in [2.45, 2.75) is 44.9 Å². The number of rotatable bonds is 7. The van der Waals surface area contributed by atoms with Crippen LogP contribution in [0.25, 0.3) is 0 Å². The molecular weight excluding hydrogens is 334 g/mol. The van der Waals surface area contributed by atoms with Gasteiger partial charge in [0.2, 0.25) is 0 Å². The summed E-state index contributed by atoms with van der Waals surface area (Å²) in [5.41, 5.74) is 3.94. The van der Waals surface area contributed by atoms with Gasteiger partial charge in [0.25, 0.3) is 0 Å². The van der Waals surface area contributed by atoms with Crippen LogP contribution in [-0.2, 0) is 0 Å². The summed E-state index contributed by atoms with van der Waals surface area (Å²) in [7, 11) is 0. The van der Waals surface area contributed by atoms with Crippen LogP contribution in [0.3, 0.4) is 0 Å². The Morgan fingerprint density at radius 1 is 0.926 bits per heavy atom. The van der Waals surface area contributed by atoms with E-state index in [2.05, 4.69) is 55.8 Å². The van der Waals surface area contributed by atoms with E-state index >= 15 is 0 Å². The molecule has 142 valence electrons. The average molecular weight is 364 g/mol. The first kappa shape index (κ1) is 17.8. The molecule has 2 aromatic rings. The van der Waals surface area contributed by atoms with E-state index in [1.165, 1.54) is 57.3 Å². The Morgan fingerprint density at radius 2 is 1.74 bits per heavy atom. The summed E-state index contributed by atoms with van der Waals surface area (Å²) in [6, 6.07) is 10.6. The van der Waals surface area contributed by atoms with Gasteiger partial charge in [0.15, 0.2) is 0 Å². The third kappa shape index (κ3) is 5.00. The largest absolute Gasteiger partial charge is 0.372 e. The molecule has 1 aliphatic carbocycles. The molecule has 4 rings (SSSR count). The summed E-state index contributed by atoms with van der Waals surface area (Å²) in [6.45, 7) is 3.27. The van der Waals surface area contributed by atoms with E-state index in [1.54, 1.807) is 11.9 Å². The number of allylic oxidation sites excluding steroid dienone is 1. The zero-order chi connectivity index (χ0) is 18.3. The highest BCUT2D eigenvalue weighted by molar-refractivity contribution is 5.62. The predicted molar refractivity (Wildman–Crippen MR) is 113 cm³/mol. The Hall–Kier alpha value is -2.56. The number of hydrogen-bond donors (Lipinski definition) is 2. The third-order valence-electron chi connectivity index (χ3n) is 5.42. The second-order valence-corrected chi connectivity index (χ2v) is 7.44. The molecule has 2 aliphatic rings. The van der Waals surface area contributed by atoms with Crippen molar-refractivity contribution in [1.29, 1.82) is 0 Å². The van der Waals surface area contributed by atoms with Crippen LogP contribution >= 0.6 is 0 Å². The maximum absolute atomic E-state index is 4.35. The van der Waals surface area contributed by atoms with Crippen molar-refractivity contribution in [3.8, 4) is 0 Å². The highest BCUT2D eigenvalue weighted by Crippen LogP contribution is 2.24. The van der Waals surface area contributed by atoms with Gasteiger partial charge < -0.3 is 15.5 Å². The smallest absolute Gasteiger partial charge is 0.135 e. The van der Waals surface area contributed by atoms with Gasteiger partial charge in [-0.1, -0.05) is 11.6 Å². The number of aromatic nitrogens is 2. The van der Waals surface area contributed by atoms with Crippen LogP contribution in [0.15, 0.2) is 48.3 Å². The summed E-state index contributed by atoms with van der Waals surface area (Å²) in [5.74, 6) is 1.69. The normalized spacial score (nSPS) is 16.9. The Bertz CT molecular complexity index is 763. The molecule has 5 heteroatoms. The maximum atomic E-state index is 4.35. The third-order valence-corrected chi connectivity index (χ3v) is 5.42. The van der Waals surface area contributed by atoms with Crippen LogP contribution in [0, 0.1) is 0 Å². The Morgan fingerprint density at radius 3 is 2.52 bits per heavy atom. The van der Waals surface area contributed by atoms with Gasteiger partial charge in [-0.2, -0.15) is 0 Å². The fraction of sp³-hybridized carbons (Fsp3) is 0.455. The van der Waals surface area contributed by atoms with Gasteiger partial charge in [0.1, 0.15) is 18.0 Å². The quantitative estimate of drug-likeness (QED) is 0.669. The molecule has 0 spiro atoms. The van der Waals surface area contributed by atoms with E-state index in [9.17, 15) is 0 Å². The molecule has 0 unspecified atom stereocenters. The lowest BCUT2D eigenvalue weighted by Gasteiger charge is -2.18. The first-order valence-electron chi connectivity index (χ1n) is 10.2. The predicted octanol–water partition coefficient (Wildman–Crippen LogP) is 5.12. The monoisotopic (exact) mass is 363 g/mol. The molecule has 0 radical (unpaired) electrons. The molecule has 2 N–H and O–H groups in total. The van der Waals surface area contributed by atoms with Crippen molar-refractivity contribution in [2.24, 2.45) is 0 Å². The minimum atomic E-state index is 0.818. The zero-order valence-corrected chi connectivity index (χ0v) is 16.0. The van der Waals surface area contributed by atoms with Gasteiger partial charge in [0, 0.05) is 37.1 Å². The molecule has 0 amide bonds. The second-order valence-electron chi connectivity index (χ2n) is 7.44. The molecule has 0 atom stereocenters. The van der Waals surface area contributed by atoms with Crippen molar-refractivity contribution in [1.82, 2.24) is 9.97 Å². The molecule has 1 aromatic carbocycles. The molecule has 1 fully saturated rings. The lowest BCUT2D eigenvalue weighted by molar-refractivity contribution is 0.679. The lowest BCUT2D eigenvalue weighted by atomic mass is 9.97. The van der Waals surface area contributed by atoms with Crippen LogP contribution in [0.1, 0.15) is 44.9 Å². The molecule has 5 nitrogen and oxygen atoms in total. The Balaban J connectivity index is 1.31. The zero-order valence-electron chi connectivity index (χ0n) is 16.0. The van der Waals surface area contributed by atoms with Crippen LogP contribution in [0.2, 0.25) is 0 Å². The van der Waals surface area contributed by atoms with Gasteiger partial charge in [0.05, 0.1) is 0 Å². The highest BCUT2D eigenvalue weighted by atomic mass is 15.1. The topological polar surface area (TPSA) is 53.1 Å². The SMILES string of the molecule is C1=C(CCNc2cc(Nc3ccc(N4CCCC4)cc3)ncn2)CCCC1. The molecule has 1 aliphatic heterocycles. The average Bonchev–Trinajstić information content (AvgIpc) is 3.25. The van der Waals surface area contributed by atoms with E-state index in [1.807, 2.05) is 6.07 Å². The first-order valence-corrected chi connectivity index (χ1v) is 10.2. The van der Waals surface area contributed by atoms with E-state index in [-0.39, 0.29) is 0 Å². The van der Waals surface area contributed by atoms with Crippen molar-refractivity contribution < 1.29 is 0 Å². The maximum Gasteiger partial charge on any atom is 0.135 e. The van der Waals surface area contributed by atoms with Crippen LogP contribution in [-0.4, -0.2) is 29.6 Å². The van der Waals surface area contributed by atoms with Gasteiger partial charge in [-0.15, -0.1) is 0 Å². The molecule has 0 bridgehead atoms. The standard InChI is InChI=1S/C22H29N5/c1-2-6-18(7-3-1)12-13-23-21-16-22(25-17-24-21)26-19-8-10-20(11-9-19)27-14-4-5-15-27/h6,8-11,16-17H,1-5,7,12-15H2,(H2,23,24,25,26). The molecule has 1 saturated heterocycles. The van der Waals surface area contributed by atoms with Gasteiger partial charge in [-0.05, 0) is 69.2 Å². The number of anilines is 4. The number of nitrogens with zero attached hydrogens (tertiary/aromatic N) is 3. The molecule has 27 heavy (non-hydrogen) atoms. The second kappa shape index (κ2) is 8.89. The fourth-order valence-electron chi connectivity index (χ4n) is 3.88. The Labute approximate surface area is 161 Å². The molecule has 0 saturated carbocycles. The van der Waals surface area contributed by atoms with Gasteiger partial charge in [-0.25, -0.2) is 9.97 Å². The summed E-state index contributed by atoms with van der Waals surface area (Å²) in [6.07, 6.45) is 12.9. The highest BCUT2D eigenvalue weighted by Gasteiger charge is 2.11. The first-order chi connectivity index (χ1) is 13.4. The number of hydrogen-bond acceptors (Lipinski definition) is 5. The van der Waals surface area contributed by atoms with Gasteiger partial charge in [-0.3, -0.25) is 0 Å². The summed E-state index contributed by atoms with van der Waals surface area (Å²) in [4.78, 5) is 11.1. The van der Waals surface area contributed by atoms with E-state index in [0.29, 0.717) is 0 Å². The van der Waals surface area contributed by atoms with Crippen molar-refractivity contribution >= 4 is 23.0 Å². The lowest BCUT2D eigenvalue weighted by Crippen LogP contribution is -2.17.